The number of halogens is 4. The molecule has 0 aliphatic heterocycles. The molecule has 49 heavy (non-hydrogen) atoms. The van der Waals surface area contributed by atoms with E-state index >= 15 is 4.79 Å². The van der Waals surface area contributed by atoms with E-state index in [9.17, 15) is 25.1 Å². The molecule has 4 aromatic rings. The van der Waals surface area contributed by atoms with Crippen molar-refractivity contribution in [3.63, 3.8) is 0 Å². The van der Waals surface area contributed by atoms with E-state index in [2.05, 4.69) is 4.98 Å². The van der Waals surface area contributed by atoms with Crippen LogP contribution in [0.1, 0.15) is 87.2 Å². The molecule has 1 aromatic heterocycles. The highest BCUT2D eigenvalue weighted by molar-refractivity contribution is 7.98. The van der Waals surface area contributed by atoms with Crippen molar-refractivity contribution in [3.05, 3.63) is 116 Å². The van der Waals surface area contributed by atoms with Crippen molar-refractivity contribution in [1.82, 2.24) is 19.4 Å². The van der Waals surface area contributed by atoms with Gasteiger partial charge in [0.25, 0.3) is 5.56 Å². The molecule has 3 aromatic carbocycles. The van der Waals surface area contributed by atoms with Crippen molar-refractivity contribution in [1.29, 1.82) is 0 Å². The summed E-state index contributed by atoms with van der Waals surface area (Å²) in [6.07, 6.45) is -12.0. The molecule has 0 spiro atoms. The molecule has 0 bridgehead atoms. The lowest BCUT2D eigenvalue weighted by Crippen LogP contribution is -2.40. The van der Waals surface area contributed by atoms with Crippen LogP contribution in [-0.4, -0.2) is 51.2 Å². The zero-order chi connectivity index (χ0) is 56.5. The van der Waals surface area contributed by atoms with Gasteiger partial charge in [0.1, 0.15) is 12.4 Å². The Balaban J connectivity index is 1.86. The molecular formula is C38H42F4N4O2S. The number of aromatic nitrogens is 2. The molecule has 1 atom stereocenters. The van der Waals surface area contributed by atoms with E-state index in [1.807, 2.05) is 0 Å². The van der Waals surface area contributed by atoms with Gasteiger partial charge in [-0.15, -0.1) is 0 Å². The number of alkyl halides is 3. The Morgan fingerprint density at radius 3 is 2.39 bits per heavy atom. The van der Waals surface area contributed by atoms with Gasteiger partial charge in [0.2, 0.25) is 5.91 Å². The van der Waals surface area contributed by atoms with E-state index in [1.165, 1.54) is 0 Å². The Labute approximate surface area is 322 Å². The van der Waals surface area contributed by atoms with Crippen LogP contribution in [-0.2, 0) is 42.6 Å². The predicted octanol–water partition coefficient (Wildman–Crippen LogP) is 7.77. The molecule has 260 valence electrons. The van der Waals surface area contributed by atoms with Crippen molar-refractivity contribution < 1.29 is 55.3 Å². The number of hydrogen-bond acceptors (Lipinski definition) is 5. The third kappa shape index (κ3) is 8.99. The molecule has 5 rings (SSSR count). The average Bonchev–Trinajstić information content (AvgIpc) is 3.34. The monoisotopic (exact) mass is 718 g/mol. The maximum absolute atomic E-state index is 15.2. The molecule has 1 aliphatic rings. The molecule has 1 unspecified atom stereocenters. The Bertz CT molecular complexity index is 2930. The van der Waals surface area contributed by atoms with Gasteiger partial charge in [0.05, 0.1) is 23.4 Å². The summed E-state index contributed by atoms with van der Waals surface area (Å²) >= 11 is 0.257. The molecule has 0 saturated carbocycles. The van der Waals surface area contributed by atoms with Crippen LogP contribution in [0.25, 0.3) is 11.1 Å². The number of likely N-dealkylation sites (N-methyl/N-ethyl adjacent to an activating group) is 1. The fourth-order valence-electron chi connectivity index (χ4n) is 4.25. The minimum absolute atomic E-state index is 0.120. The predicted molar refractivity (Wildman–Crippen MR) is 186 cm³/mol. The Hall–Kier alpha value is -3.96. The summed E-state index contributed by atoms with van der Waals surface area (Å²) in [5.74, 6) is -7.10. The molecule has 1 aliphatic carbocycles. The Morgan fingerprint density at radius 1 is 1.06 bits per heavy atom. The van der Waals surface area contributed by atoms with Crippen LogP contribution in [0, 0.1) is 18.6 Å². The topological polar surface area (TPSA) is 58.4 Å². The number of carbonyl (C=O) groups is 1. The van der Waals surface area contributed by atoms with Crippen molar-refractivity contribution >= 4 is 17.7 Å². The van der Waals surface area contributed by atoms with Gasteiger partial charge in [0, 0.05) is 51.6 Å². The largest absolute Gasteiger partial charge is 0.416 e. The molecule has 1 heterocycles. The Kier molecular flexibility index (Phi) is 5.25. The van der Waals surface area contributed by atoms with Crippen molar-refractivity contribution in [2.45, 2.75) is 70.6 Å². The lowest BCUT2D eigenvalue weighted by Gasteiger charge is -2.28. The second kappa shape index (κ2) is 15.7. The number of amides is 1. The first-order chi connectivity index (χ1) is 32.7. The summed E-state index contributed by atoms with van der Waals surface area (Å²) in [6, 6.07) is -13.6. The van der Waals surface area contributed by atoms with Crippen LogP contribution in [0.5, 0.6) is 0 Å². The lowest BCUT2D eigenvalue weighted by molar-refractivity contribution is -0.137. The number of rotatable bonds is 13. The Morgan fingerprint density at radius 2 is 1.73 bits per heavy atom. The van der Waals surface area contributed by atoms with Crippen LogP contribution >= 0.6 is 11.8 Å². The van der Waals surface area contributed by atoms with Gasteiger partial charge in [-0.1, -0.05) is 74.8 Å². The SMILES string of the molecule is [2H]c1c([2H])c(CSc2nc(=O)c3c(n2CC(=O)N(Cc2c([2H])c([2H])c(-c4c([2H])c([2H])c(C(F)(F)F)c([2H])c4[2H])c([2H])c2C)C([2H])([2H])C([2H])([2H])N(C([2H])([2H])C)C([2H])([2H])C)C([2H])([2H])C([2H])(C)C3([2H])[2H])c([2H])c([2H])c1F. The first kappa shape index (κ1) is 16.4. The summed E-state index contributed by atoms with van der Waals surface area (Å²) in [7, 11) is 0. The fraction of sp³-hybridized carbons (Fsp3) is 0.395. The highest BCUT2D eigenvalue weighted by atomic mass is 32.2. The van der Waals surface area contributed by atoms with E-state index in [-0.39, 0.29) is 21.6 Å². The lowest BCUT2D eigenvalue weighted by atomic mass is 9.98. The molecular weight excluding hydrogens is 653 g/mol. The number of hydrogen-bond donors (Lipinski definition) is 0. The number of thioether (sulfide) groups is 1. The molecule has 0 N–H and O–H groups in total. The molecule has 6 nitrogen and oxygen atoms in total. The minimum atomic E-state index is -5.42. The smallest absolute Gasteiger partial charge is 0.336 e. The normalized spacial score (nSPS) is 26.1. The number of nitrogens with zero attached hydrogens (tertiary/aromatic N) is 4. The first-order valence-electron chi connectivity index (χ1n) is 26.1. The van der Waals surface area contributed by atoms with Crippen LogP contribution in [0.15, 0.2) is 76.4 Å². The second-order valence-electron chi connectivity index (χ2n) is 10.1. The molecule has 1 amide bonds. The molecule has 0 radical (unpaired) electrons. The third-order valence-electron chi connectivity index (χ3n) is 6.68. The maximum atomic E-state index is 15.2. The standard InChI is InChI=1S/C38H42F4N4O2S/c1-5-44(6-2)17-18-45(22-30-10-9-29(21-26(30)4)28-11-13-31(14-12-28)38(40,41)42)35(47)23-46-34-20-25(3)19-33(34)36(48)43-37(46)49-24-27-7-15-32(39)16-8-27/h7-16,21,25H,5-6,17-20,22-24H2,1-4H3/i5D2,6D2,7D,8D,9D,10D,11D,12D,13D,14D,15D,16D,17D2,18D2,19D2,20D2,21D,25D. The van der Waals surface area contributed by atoms with Gasteiger partial charge in [0.15, 0.2) is 5.16 Å². The quantitative estimate of drug-likeness (QED) is 0.0804. The van der Waals surface area contributed by atoms with E-state index in [0.717, 1.165) is 13.8 Å². The number of carbonyl (C=O) groups excluding carboxylic acids is 1. The van der Waals surface area contributed by atoms with Crippen LogP contribution in [0.4, 0.5) is 17.6 Å². The van der Waals surface area contributed by atoms with E-state index < -0.39 is 203 Å². The van der Waals surface area contributed by atoms with Gasteiger partial charge in [-0.05, 0) is 90.5 Å². The van der Waals surface area contributed by atoms with Crippen molar-refractivity contribution in [2.24, 2.45) is 5.89 Å². The summed E-state index contributed by atoms with van der Waals surface area (Å²) in [5.41, 5.74) is -9.70. The highest BCUT2D eigenvalue weighted by Gasteiger charge is 2.30. The number of fused-ring (bicyclic) bond motifs is 1. The number of benzene rings is 3. The van der Waals surface area contributed by atoms with Crippen LogP contribution in [0.2, 0.25) is 0 Å². The van der Waals surface area contributed by atoms with E-state index in [1.54, 1.807) is 0 Å². The van der Waals surface area contributed by atoms with E-state index in [0.29, 0.717) is 18.4 Å². The van der Waals surface area contributed by atoms with Crippen LogP contribution < -0.4 is 5.56 Å². The first-order valence-corrected chi connectivity index (χ1v) is 15.1. The van der Waals surface area contributed by atoms with Gasteiger partial charge in [-0.2, -0.15) is 18.2 Å². The summed E-state index contributed by atoms with van der Waals surface area (Å²) < 4.78 is 263. The summed E-state index contributed by atoms with van der Waals surface area (Å²) in [5, 5.41) is -0.837. The fourth-order valence-corrected chi connectivity index (χ4v) is 5.13. The van der Waals surface area contributed by atoms with Gasteiger partial charge >= 0.3 is 6.18 Å². The van der Waals surface area contributed by atoms with Crippen molar-refractivity contribution in [3.8, 4) is 11.1 Å². The molecule has 0 fully saturated rings. The maximum Gasteiger partial charge on any atom is 0.416 e. The van der Waals surface area contributed by atoms with Gasteiger partial charge in [-0.3, -0.25) is 9.59 Å². The third-order valence-corrected chi connectivity index (χ3v) is 7.68. The van der Waals surface area contributed by atoms with Gasteiger partial charge < -0.3 is 14.4 Å². The van der Waals surface area contributed by atoms with E-state index in [4.69, 9.17) is 30.2 Å². The molecule has 11 heteroatoms. The average molecular weight is 719 g/mol. The van der Waals surface area contributed by atoms with Gasteiger partial charge in [-0.25, -0.2) is 4.39 Å². The highest BCUT2D eigenvalue weighted by Crippen LogP contribution is 2.32. The van der Waals surface area contributed by atoms with Crippen molar-refractivity contribution in [2.75, 3.05) is 26.0 Å². The zero-order valence-corrected chi connectivity index (χ0v) is 27.0. The van der Waals surface area contributed by atoms with Crippen LogP contribution in [0.3, 0.4) is 0 Å². The molecule has 0 saturated heterocycles. The summed E-state index contributed by atoms with van der Waals surface area (Å²) in [4.78, 5) is 32.4. The zero-order valence-electron chi connectivity index (χ0n) is 50.1. The minimum Gasteiger partial charge on any atom is -0.336 e. The summed E-state index contributed by atoms with van der Waals surface area (Å²) in [6.45, 7) is -14.7. The second-order valence-corrected chi connectivity index (χ2v) is 11.0.